The molecule has 1 amide bonds. The first-order valence-corrected chi connectivity index (χ1v) is 13.8. The molecule has 4 aromatic heterocycles. The number of para-hydroxylation sites is 2. The second kappa shape index (κ2) is 10.7. The van der Waals surface area contributed by atoms with Gasteiger partial charge in [0.1, 0.15) is 0 Å². The first-order chi connectivity index (χ1) is 19.4. The SMILES string of the molecule is Cc1ncc(Cl)cc1C(=O)N[C@H]1CC[C@H](Cn2c(=O)n(-c3ccc(-c4cnn(C)c4)nc3)c3ccccc32)CC1. The molecular formula is C30H30ClN7O2. The minimum atomic E-state index is -0.140. The van der Waals surface area contributed by atoms with E-state index in [2.05, 4.69) is 20.4 Å². The van der Waals surface area contributed by atoms with Crippen molar-refractivity contribution in [1.82, 2.24) is 34.2 Å². The highest BCUT2D eigenvalue weighted by molar-refractivity contribution is 6.30. The summed E-state index contributed by atoms with van der Waals surface area (Å²) in [5, 5.41) is 7.81. The van der Waals surface area contributed by atoms with E-state index < -0.39 is 0 Å². The van der Waals surface area contributed by atoms with Crippen molar-refractivity contribution >= 4 is 28.5 Å². The fraction of sp³-hybridized carbons (Fsp3) is 0.300. The average Bonchev–Trinajstić information content (AvgIpc) is 3.52. The number of hydrogen-bond acceptors (Lipinski definition) is 5. The molecule has 0 atom stereocenters. The first kappa shape index (κ1) is 26.0. The number of rotatable bonds is 6. The molecule has 0 radical (unpaired) electrons. The number of hydrogen-bond donors (Lipinski definition) is 1. The van der Waals surface area contributed by atoms with Gasteiger partial charge in [0.15, 0.2) is 0 Å². The highest BCUT2D eigenvalue weighted by Crippen LogP contribution is 2.28. The Morgan fingerprint density at radius 1 is 1.02 bits per heavy atom. The topological polar surface area (TPSA) is 99.6 Å². The molecule has 0 saturated heterocycles. The van der Waals surface area contributed by atoms with Crippen molar-refractivity contribution < 1.29 is 4.79 Å². The molecule has 1 fully saturated rings. The van der Waals surface area contributed by atoms with Gasteiger partial charge in [-0.15, -0.1) is 0 Å². The number of benzene rings is 1. The van der Waals surface area contributed by atoms with E-state index in [1.165, 1.54) is 0 Å². The molecule has 0 aliphatic heterocycles. The third-order valence-corrected chi connectivity index (χ3v) is 7.97. The van der Waals surface area contributed by atoms with Crippen molar-refractivity contribution in [3.63, 3.8) is 0 Å². The fourth-order valence-corrected chi connectivity index (χ4v) is 5.78. The standard InChI is InChI=1S/C30H30ClN7O2/c1-19-25(13-22(31)15-32-19)29(39)35-23-9-7-20(8-10-23)17-37-27-5-3-4-6-28(27)38(30(37)40)24-11-12-26(33-16-24)21-14-34-36(2)18-21/h3-6,11-16,18,20,23H,7-10,17H2,1-2H3,(H,35,39)/t20-,23-. The largest absolute Gasteiger partial charge is 0.349 e. The number of carbonyl (C=O) groups excluding carboxylic acids is 1. The number of aryl methyl sites for hydroxylation is 2. The van der Waals surface area contributed by atoms with E-state index in [0.29, 0.717) is 28.7 Å². The Kier molecular flexibility index (Phi) is 6.98. The summed E-state index contributed by atoms with van der Waals surface area (Å²) in [5.74, 6) is 0.198. The molecule has 9 nitrogen and oxygen atoms in total. The second-order valence-corrected chi connectivity index (χ2v) is 10.9. The summed E-state index contributed by atoms with van der Waals surface area (Å²) in [4.78, 5) is 35.4. The molecule has 0 bridgehead atoms. The lowest BCUT2D eigenvalue weighted by atomic mass is 9.85. The normalized spacial score (nSPS) is 17.3. The summed E-state index contributed by atoms with van der Waals surface area (Å²) >= 11 is 6.05. The number of carbonyl (C=O) groups is 1. The Morgan fingerprint density at radius 3 is 2.50 bits per heavy atom. The average molecular weight is 556 g/mol. The Hall–Kier alpha value is -4.24. The van der Waals surface area contributed by atoms with Gasteiger partial charge in [-0.3, -0.25) is 28.6 Å². The van der Waals surface area contributed by atoms with E-state index in [0.717, 1.165) is 53.7 Å². The van der Waals surface area contributed by atoms with Crippen LogP contribution in [0.15, 0.2) is 72.0 Å². The molecular weight excluding hydrogens is 526 g/mol. The smallest absolute Gasteiger partial charge is 0.333 e. The van der Waals surface area contributed by atoms with E-state index >= 15 is 0 Å². The van der Waals surface area contributed by atoms with Crippen LogP contribution in [0.3, 0.4) is 0 Å². The summed E-state index contributed by atoms with van der Waals surface area (Å²) in [7, 11) is 1.87. The Labute approximate surface area is 236 Å². The van der Waals surface area contributed by atoms with E-state index in [4.69, 9.17) is 11.6 Å². The van der Waals surface area contributed by atoms with Crippen LogP contribution in [0.1, 0.15) is 41.7 Å². The summed E-state index contributed by atoms with van der Waals surface area (Å²) in [6.45, 7) is 2.44. The zero-order valence-corrected chi connectivity index (χ0v) is 23.2. The molecule has 10 heteroatoms. The molecule has 1 aliphatic rings. The van der Waals surface area contributed by atoms with E-state index in [-0.39, 0.29) is 17.6 Å². The Bertz CT molecular complexity index is 1740. The molecule has 0 unspecified atom stereocenters. The van der Waals surface area contributed by atoms with Crippen LogP contribution in [0.2, 0.25) is 5.02 Å². The lowest BCUT2D eigenvalue weighted by Gasteiger charge is -2.29. The van der Waals surface area contributed by atoms with Gasteiger partial charge in [-0.05, 0) is 68.9 Å². The highest BCUT2D eigenvalue weighted by Gasteiger charge is 2.26. The molecule has 5 aromatic rings. The molecule has 40 heavy (non-hydrogen) atoms. The predicted molar refractivity (Wildman–Crippen MR) is 155 cm³/mol. The summed E-state index contributed by atoms with van der Waals surface area (Å²) in [5.41, 5.74) is 5.32. The van der Waals surface area contributed by atoms with Crippen LogP contribution in [0, 0.1) is 12.8 Å². The lowest BCUT2D eigenvalue weighted by molar-refractivity contribution is 0.0919. The molecule has 6 rings (SSSR count). The van der Waals surface area contributed by atoms with Gasteiger partial charge in [0.2, 0.25) is 0 Å². The molecule has 1 aromatic carbocycles. The summed E-state index contributed by atoms with van der Waals surface area (Å²) in [6.07, 6.45) is 10.5. The first-order valence-electron chi connectivity index (χ1n) is 13.5. The van der Waals surface area contributed by atoms with Crippen molar-refractivity contribution in [3.8, 4) is 16.9 Å². The fourth-order valence-electron chi connectivity index (χ4n) is 5.63. The van der Waals surface area contributed by atoms with Gasteiger partial charge in [-0.2, -0.15) is 5.10 Å². The maximum Gasteiger partial charge on any atom is 0.333 e. The van der Waals surface area contributed by atoms with Crippen LogP contribution in [-0.2, 0) is 13.6 Å². The molecule has 1 aliphatic carbocycles. The molecule has 1 N–H and O–H groups in total. The Balaban J connectivity index is 1.18. The zero-order valence-electron chi connectivity index (χ0n) is 22.4. The van der Waals surface area contributed by atoms with Crippen LogP contribution in [0.4, 0.5) is 0 Å². The minimum absolute atomic E-state index is 0.0727. The number of nitrogens with zero attached hydrogens (tertiary/aromatic N) is 6. The van der Waals surface area contributed by atoms with Gasteiger partial charge in [-0.25, -0.2) is 4.79 Å². The lowest BCUT2D eigenvalue weighted by Crippen LogP contribution is -2.39. The predicted octanol–water partition coefficient (Wildman–Crippen LogP) is 4.93. The Morgan fingerprint density at radius 2 is 1.80 bits per heavy atom. The number of amides is 1. The number of fused-ring (bicyclic) bond motifs is 1. The van der Waals surface area contributed by atoms with Crippen LogP contribution in [0.5, 0.6) is 0 Å². The van der Waals surface area contributed by atoms with E-state index in [1.807, 2.05) is 61.1 Å². The van der Waals surface area contributed by atoms with Crippen LogP contribution < -0.4 is 11.0 Å². The summed E-state index contributed by atoms with van der Waals surface area (Å²) in [6, 6.07) is 13.5. The minimum Gasteiger partial charge on any atom is -0.349 e. The highest BCUT2D eigenvalue weighted by atomic mass is 35.5. The van der Waals surface area contributed by atoms with Crippen LogP contribution in [-0.4, -0.2) is 40.8 Å². The van der Waals surface area contributed by atoms with E-state index in [1.54, 1.807) is 33.9 Å². The van der Waals surface area contributed by atoms with Gasteiger partial charge >= 0.3 is 5.69 Å². The van der Waals surface area contributed by atoms with Gasteiger partial charge in [0.25, 0.3) is 5.91 Å². The van der Waals surface area contributed by atoms with Gasteiger partial charge < -0.3 is 5.32 Å². The third kappa shape index (κ3) is 5.04. The van der Waals surface area contributed by atoms with Gasteiger partial charge in [-0.1, -0.05) is 23.7 Å². The quantitative estimate of drug-likeness (QED) is 0.320. The van der Waals surface area contributed by atoms with Gasteiger partial charge in [0.05, 0.1) is 51.1 Å². The zero-order chi connectivity index (χ0) is 27.8. The van der Waals surface area contributed by atoms with Crippen molar-refractivity contribution in [2.75, 3.05) is 0 Å². The third-order valence-electron chi connectivity index (χ3n) is 7.76. The van der Waals surface area contributed by atoms with E-state index in [9.17, 15) is 9.59 Å². The molecule has 0 spiro atoms. The monoisotopic (exact) mass is 555 g/mol. The summed E-state index contributed by atoms with van der Waals surface area (Å²) < 4.78 is 5.36. The van der Waals surface area contributed by atoms with Crippen molar-refractivity contribution in [3.05, 3.63) is 94.0 Å². The maximum atomic E-state index is 13.8. The number of pyridine rings is 2. The van der Waals surface area contributed by atoms with Crippen molar-refractivity contribution in [1.29, 1.82) is 0 Å². The molecule has 4 heterocycles. The number of imidazole rings is 1. The van der Waals surface area contributed by atoms with Gasteiger partial charge in [0, 0.05) is 37.6 Å². The molecule has 1 saturated carbocycles. The van der Waals surface area contributed by atoms with Crippen LogP contribution >= 0.6 is 11.6 Å². The van der Waals surface area contributed by atoms with Crippen LogP contribution in [0.25, 0.3) is 28.0 Å². The van der Waals surface area contributed by atoms with Crippen molar-refractivity contribution in [2.45, 2.75) is 45.2 Å². The number of halogens is 1. The molecule has 204 valence electrons. The number of aromatic nitrogens is 6. The second-order valence-electron chi connectivity index (χ2n) is 10.5. The van der Waals surface area contributed by atoms with Crippen molar-refractivity contribution in [2.24, 2.45) is 13.0 Å². The maximum absolute atomic E-state index is 13.8. The number of nitrogens with one attached hydrogen (secondary N) is 1.